The van der Waals surface area contributed by atoms with Gasteiger partial charge in [0, 0.05) is 17.7 Å². The fraction of sp³-hybridized carbons (Fsp3) is 0.350. The van der Waals surface area contributed by atoms with E-state index in [0.29, 0.717) is 5.11 Å². The van der Waals surface area contributed by atoms with Crippen molar-refractivity contribution >= 4 is 23.0 Å². The number of ether oxygens (including phenoxy) is 1. The third-order valence-electron chi connectivity index (χ3n) is 4.89. The molecule has 25 heavy (non-hydrogen) atoms. The summed E-state index contributed by atoms with van der Waals surface area (Å²) in [7, 11) is 0. The summed E-state index contributed by atoms with van der Waals surface area (Å²) in [5.41, 5.74) is 1.69. The Labute approximate surface area is 153 Å². The maximum Gasteiger partial charge on any atom is 0.171 e. The smallest absolute Gasteiger partial charge is 0.171 e. The molecule has 2 aromatic carbocycles. The van der Waals surface area contributed by atoms with Gasteiger partial charge in [-0.3, -0.25) is 0 Å². The molecule has 0 aliphatic carbocycles. The molecule has 1 heterocycles. The highest BCUT2D eigenvalue weighted by Gasteiger charge is 2.38. The van der Waals surface area contributed by atoms with Crippen LogP contribution in [0.2, 0.25) is 0 Å². The molecule has 0 saturated carbocycles. The van der Waals surface area contributed by atoms with Crippen molar-refractivity contribution in [2.24, 2.45) is 0 Å². The van der Waals surface area contributed by atoms with Crippen molar-refractivity contribution in [3.8, 4) is 5.75 Å². The zero-order chi connectivity index (χ0) is 17.9. The van der Waals surface area contributed by atoms with E-state index in [0.717, 1.165) is 36.3 Å². The molecule has 0 bridgehead atoms. The molecule has 0 aromatic heterocycles. The second-order valence-electron chi connectivity index (χ2n) is 6.39. The predicted octanol–water partition coefficient (Wildman–Crippen LogP) is 5.19. The van der Waals surface area contributed by atoms with Crippen molar-refractivity contribution in [3.63, 3.8) is 0 Å². The van der Waals surface area contributed by atoms with Gasteiger partial charge in [0.15, 0.2) is 5.11 Å². The number of fused-ring (bicyclic) bond motifs is 1. The second kappa shape index (κ2) is 7.40. The van der Waals surface area contributed by atoms with Crippen molar-refractivity contribution in [3.05, 3.63) is 59.9 Å². The van der Waals surface area contributed by atoms with Crippen LogP contribution in [0.3, 0.4) is 0 Å². The van der Waals surface area contributed by atoms with Crippen LogP contribution >= 0.6 is 12.2 Å². The predicted molar refractivity (Wildman–Crippen MR) is 103 cm³/mol. The van der Waals surface area contributed by atoms with E-state index in [1.165, 1.54) is 12.1 Å². The molecule has 2 N–H and O–H groups in total. The highest BCUT2D eigenvalue weighted by molar-refractivity contribution is 7.80. The molecule has 3 rings (SSSR count). The number of rotatable bonds is 4. The SMILES string of the molecule is CCC1(CC)C[C@H](NC(=S)Nc2ccc(F)cc2)c2ccccc2O1. The van der Waals surface area contributed by atoms with Gasteiger partial charge in [0.2, 0.25) is 0 Å². The molecule has 132 valence electrons. The molecule has 1 aliphatic heterocycles. The van der Waals surface area contributed by atoms with E-state index in [9.17, 15) is 4.39 Å². The van der Waals surface area contributed by atoms with E-state index >= 15 is 0 Å². The number of anilines is 1. The monoisotopic (exact) mass is 358 g/mol. The number of thiocarbonyl (C=S) groups is 1. The second-order valence-corrected chi connectivity index (χ2v) is 6.80. The number of hydrogen-bond acceptors (Lipinski definition) is 2. The minimum absolute atomic E-state index is 0.0744. The fourth-order valence-electron chi connectivity index (χ4n) is 3.29. The van der Waals surface area contributed by atoms with Crippen LogP contribution in [-0.4, -0.2) is 10.7 Å². The summed E-state index contributed by atoms with van der Waals surface area (Å²) in [6, 6.07) is 14.3. The molecule has 0 spiro atoms. The van der Waals surface area contributed by atoms with Crippen LogP contribution in [-0.2, 0) is 0 Å². The summed E-state index contributed by atoms with van der Waals surface area (Å²) in [5.74, 6) is 0.651. The van der Waals surface area contributed by atoms with E-state index in [-0.39, 0.29) is 17.5 Å². The largest absolute Gasteiger partial charge is 0.487 e. The third-order valence-corrected chi connectivity index (χ3v) is 5.11. The topological polar surface area (TPSA) is 33.3 Å². The lowest BCUT2D eigenvalue weighted by Crippen LogP contribution is -2.45. The highest BCUT2D eigenvalue weighted by atomic mass is 32.1. The van der Waals surface area contributed by atoms with Gasteiger partial charge in [0.1, 0.15) is 17.2 Å². The van der Waals surface area contributed by atoms with Crippen molar-refractivity contribution in [2.75, 3.05) is 5.32 Å². The Morgan fingerprint density at radius 3 is 2.52 bits per heavy atom. The maximum atomic E-state index is 13.0. The van der Waals surface area contributed by atoms with Gasteiger partial charge in [-0.05, 0) is 55.4 Å². The molecular formula is C20H23FN2OS. The molecule has 0 radical (unpaired) electrons. The molecule has 1 atom stereocenters. The summed E-state index contributed by atoms with van der Waals surface area (Å²) in [5, 5.41) is 7.05. The standard InChI is InChI=1S/C20H23FN2OS/c1-3-20(4-2)13-17(16-7-5-6-8-18(16)24-20)23-19(25)22-15-11-9-14(21)10-12-15/h5-12,17H,3-4,13H2,1-2H3,(H2,22,23,25)/t17-/m0/s1. The zero-order valence-corrected chi connectivity index (χ0v) is 15.3. The summed E-state index contributed by atoms with van der Waals surface area (Å²) < 4.78 is 19.4. The van der Waals surface area contributed by atoms with Crippen molar-refractivity contribution in [2.45, 2.75) is 44.8 Å². The van der Waals surface area contributed by atoms with Crippen molar-refractivity contribution in [1.82, 2.24) is 5.32 Å². The van der Waals surface area contributed by atoms with Crippen molar-refractivity contribution in [1.29, 1.82) is 0 Å². The summed E-state index contributed by atoms with van der Waals surface area (Å²) in [6.45, 7) is 4.31. The van der Waals surface area contributed by atoms with Gasteiger partial charge >= 0.3 is 0 Å². The van der Waals surface area contributed by atoms with Gasteiger partial charge in [-0.1, -0.05) is 32.0 Å². The first-order valence-electron chi connectivity index (χ1n) is 8.66. The first-order chi connectivity index (χ1) is 12.0. The Kier molecular flexibility index (Phi) is 5.23. The average Bonchev–Trinajstić information content (AvgIpc) is 2.63. The summed E-state index contributed by atoms with van der Waals surface area (Å²) in [4.78, 5) is 0. The lowest BCUT2D eigenvalue weighted by atomic mass is 9.83. The molecule has 1 aliphatic rings. The van der Waals surface area contributed by atoms with E-state index in [1.54, 1.807) is 12.1 Å². The van der Waals surface area contributed by atoms with Crippen LogP contribution in [0.1, 0.15) is 44.7 Å². The molecule has 0 fully saturated rings. The van der Waals surface area contributed by atoms with Crippen LogP contribution < -0.4 is 15.4 Å². The Hall–Kier alpha value is -2.14. The van der Waals surface area contributed by atoms with Crippen LogP contribution in [0, 0.1) is 5.82 Å². The van der Waals surface area contributed by atoms with Crippen LogP contribution in [0.25, 0.3) is 0 Å². The van der Waals surface area contributed by atoms with Crippen LogP contribution in [0.15, 0.2) is 48.5 Å². The zero-order valence-electron chi connectivity index (χ0n) is 14.5. The normalized spacial score (nSPS) is 18.0. The Bertz CT molecular complexity index is 744. The Morgan fingerprint density at radius 1 is 1.16 bits per heavy atom. The van der Waals surface area contributed by atoms with Gasteiger partial charge in [-0.15, -0.1) is 0 Å². The number of halogens is 1. The molecule has 0 unspecified atom stereocenters. The molecule has 2 aromatic rings. The van der Waals surface area contributed by atoms with E-state index in [4.69, 9.17) is 17.0 Å². The number of benzene rings is 2. The van der Waals surface area contributed by atoms with Gasteiger partial charge in [0.05, 0.1) is 6.04 Å². The molecule has 5 heteroatoms. The average molecular weight is 358 g/mol. The quantitative estimate of drug-likeness (QED) is 0.737. The molecule has 0 amide bonds. The first kappa shape index (κ1) is 17.7. The minimum Gasteiger partial charge on any atom is -0.487 e. The lowest BCUT2D eigenvalue weighted by Gasteiger charge is -2.42. The van der Waals surface area contributed by atoms with E-state index < -0.39 is 0 Å². The van der Waals surface area contributed by atoms with Gasteiger partial charge in [-0.2, -0.15) is 0 Å². The van der Waals surface area contributed by atoms with Gasteiger partial charge in [0.25, 0.3) is 0 Å². The number of hydrogen-bond donors (Lipinski definition) is 2. The Morgan fingerprint density at radius 2 is 1.84 bits per heavy atom. The fourth-order valence-corrected chi connectivity index (χ4v) is 3.55. The van der Waals surface area contributed by atoms with E-state index in [2.05, 4.69) is 30.5 Å². The summed E-state index contributed by atoms with van der Waals surface area (Å²) in [6.07, 6.45) is 2.73. The first-order valence-corrected chi connectivity index (χ1v) is 9.07. The van der Waals surface area contributed by atoms with Gasteiger partial charge in [-0.25, -0.2) is 4.39 Å². The molecular weight excluding hydrogens is 335 g/mol. The van der Waals surface area contributed by atoms with E-state index in [1.807, 2.05) is 18.2 Å². The third kappa shape index (κ3) is 3.93. The number of para-hydroxylation sites is 1. The highest BCUT2D eigenvalue weighted by Crippen LogP contribution is 2.42. The molecule has 0 saturated heterocycles. The molecule has 3 nitrogen and oxygen atoms in total. The summed E-state index contributed by atoms with van der Waals surface area (Å²) >= 11 is 5.47. The maximum absolute atomic E-state index is 13.0. The lowest BCUT2D eigenvalue weighted by molar-refractivity contribution is 0.0256. The van der Waals surface area contributed by atoms with Gasteiger partial charge < -0.3 is 15.4 Å². The number of nitrogens with one attached hydrogen (secondary N) is 2. The Balaban J connectivity index is 1.78. The van der Waals surface area contributed by atoms with Crippen LogP contribution in [0.5, 0.6) is 5.75 Å². The minimum atomic E-state index is -0.265. The van der Waals surface area contributed by atoms with Crippen molar-refractivity contribution < 1.29 is 9.13 Å². The van der Waals surface area contributed by atoms with Crippen LogP contribution in [0.4, 0.5) is 10.1 Å².